The third-order valence-electron chi connectivity index (χ3n) is 3.34. The van der Waals surface area contributed by atoms with Gasteiger partial charge in [0.2, 0.25) is 11.8 Å². The molecule has 0 spiro atoms. The zero-order valence-corrected chi connectivity index (χ0v) is 12.9. The first-order chi connectivity index (χ1) is 10.4. The van der Waals surface area contributed by atoms with Crippen LogP contribution in [0.2, 0.25) is 0 Å². The summed E-state index contributed by atoms with van der Waals surface area (Å²) in [5.74, 6) is 0.523. The van der Waals surface area contributed by atoms with Gasteiger partial charge in [-0.2, -0.15) is 0 Å². The second-order valence-corrected chi connectivity index (χ2v) is 6.27. The van der Waals surface area contributed by atoms with Crippen LogP contribution < -0.4 is 5.32 Å². The first-order valence-electron chi connectivity index (χ1n) is 7.21. The van der Waals surface area contributed by atoms with E-state index in [1.165, 1.54) is 0 Å². The molecule has 4 heteroatoms. The summed E-state index contributed by atoms with van der Waals surface area (Å²) < 4.78 is 5.76. The molecule has 0 atom stereocenters. The van der Waals surface area contributed by atoms with E-state index in [1.807, 2.05) is 69.3 Å². The molecule has 0 saturated carbocycles. The summed E-state index contributed by atoms with van der Waals surface area (Å²) >= 11 is 0. The van der Waals surface area contributed by atoms with Gasteiger partial charge in [-0.15, -0.1) is 0 Å². The maximum absolute atomic E-state index is 12.1. The van der Waals surface area contributed by atoms with Crippen molar-refractivity contribution >= 4 is 22.7 Å². The van der Waals surface area contributed by atoms with Crippen LogP contribution in [0.25, 0.3) is 22.6 Å². The van der Waals surface area contributed by atoms with E-state index in [0.717, 1.165) is 22.4 Å². The van der Waals surface area contributed by atoms with Crippen molar-refractivity contribution in [1.29, 1.82) is 0 Å². The van der Waals surface area contributed by atoms with Gasteiger partial charge in [-0.25, -0.2) is 4.98 Å². The summed E-state index contributed by atoms with van der Waals surface area (Å²) in [4.78, 5) is 16.5. The molecule has 0 aliphatic heterocycles. The molecule has 1 aromatic heterocycles. The number of hydrogen-bond acceptors (Lipinski definition) is 3. The number of rotatable bonds is 2. The lowest BCUT2D eigenvalue weighted by molar-refractivity contribution is -0.123. The van der Waals surface area contributed by atoms with E-state index in [9.17, 15) is 4.79 Å². The van der Waals surface area contributed by atoms with E-state index in [2.05, 4.69) is 10.3 Å². The zero-order chi connectivity index (χ0) is 15.7. The molecule has 0 bridgehead atoms. The van der Waals surface area contributed by atoms with Gasteiger partial charge in [-0.3, -0.25) is 4.79 Å². The Hall–Kier alpha value is -2.62. The number of aromatic nitrogens is 1. The van der Waals surface area contributed by atoms with Gasteiger partial charge in [0.05, 0.1) is 0 Å². The minimum absolute atomic E-state index is 0.0257. The Kier molecular flexibility index (Phi) is 3.45. The van der Waals surface area contributed by atoms with Crippen molar-refractivity contribution in [2.24, 2.45) is 5.41 Å². The molecule has 112 valence electrons. The van der Waals surface area contributed by atoms with E-state index < -0.39 is 5.41 Å². The Balaban J connectivity index is 1.92. The Labute approximate surface area is 129 Å². The fraction of sp³-hybridized carbons (Fsp3) is 0.222. The quantitative estimate of drug-likeness (QED) is 0.758. The maximum atomic E-state index is 12.1. The third-order valence-corrected chi connectivity index (χ3v) is 3.34. The zero-order valence-electron chi connectivity index (χ0n) is 12.9. The standard InChI is InChI=1S/C18H18N2O2/c1-18(2,3)17(21)19-13-8-6-7-12(11-13)16-20-14-9-4-5-10-15(14)22-16/h4-11H,1-3H3,(H,19,21). The molecular weight excluding hydrogens is 276 g/mol. The molecule has 0 unspecified atom stereocenters. The van der Waals surface area contributed by atoms with Crippen LogP contribution in [0.15, 0.2) is 52.9 Å². The Morgan fingerprint density at radius 1 is 1.09 bits per heavy atom. The van der Waals surface area contributed by atoms with Gasteiger partial charge in [-0.05, 0) is 30.3 Å². The van der Waals surface area contributed by atoms with E-state index in [4.69, 9.17) is 4.42 Å². The smallest absolute Gasteiger partial charge is 0.229 e. The van der Waals surface area contributed by atoms with Crippen molar-refractivity contribution in [2.75, 3.05) is 5.32 Å². The van der Waals surface area contributed by atoms with Gasteiger partial charge in [0, 0.05) is 16.7 Å². The van der Waals surface area contributed by atoms with E-state index >= 15 is 0 Å². The topological polar surface area (TPSA) is 55.1 Å². The highest BCUT2D eigenvalue weighted by molar-refractivity contribution is 5.95. The molecule has 3 rings (SSSR count). The van der Waals surface area contributed by atoms with Crippen LogP contribution in [-0.4, -0.2) is 10.9 Å². The van der Waals surface area contributed by atoms with Gasteiger partial charge in [0.15, 0.2) is 5.58 Å². The van der Waals surface area contributed by atoms with Crippen LogP contribution in [0.3, 0.4) is 0 Å². The lowest BCUT2D eigenvalue weighted by atomic mass is 9.95. The normalized spacial score (nSPS) is 11.6. The number of oxazole rings is 1. The summed E-state index contributed by atoms with van der Waals surface area (Å²) in [7, 11) is 0. The number of nitrogens with zero attached hydrogens (tertiary/aromatic N) is 1. The number of benzene rings is 2. The van der Waals surface area contributed by atoms with E-state index in [1.54, 1.807) is 0 Å². The largest absolute Gasteiger partial charge is 0.436 e. The van der Waals surface area contributed by atoms with Gasteiger partial charge in [0.1, 0.15) is 5.52 Å². The number of amides is 1. The third kappa shape index (κ3) is 2.86. The molecule has 0 fully saturated rings. The van der Waals surface area contributed by atoms with Crippen molar-refractivity contribution in [2.45, 2.75) is 20.8 Å². The molecule has 3 aromatic rings. The van der Waals surface area contributed by atoms with Crippen molar-refractivity contribution in [1.82, 2.24) is 4.98 Å². The number of fused-ring (bicyclic) bond motifs is 1. The molecule has 2 aromatic carbocycles. The highest BCUT2D eigenvalue weighted by Crippen LogP contribution is 2.26. The number of hydrogen-bond donors (Lipinski definition) is 1. The summed E-state index contributed by atoms with van der Waals surface area (Å²) in [5, 5.41) is 2.92. The number of carbonyl (C=O) groups excluding carboxylic acids is 1. The van der Waals surface area contributed by atoms with Gasteiger partial charge >= 0.3 is 0 Å². The number of anilines is 1. The van der Waals surface area contributed by atoms with Gasteiger partial charge in [-0.1, -0.05) is 39.0 Å². The molecule has 0 aliphatic carbocycles. The lowest BCUT2D eigenvalue weighted by Gasteiger charge is -2.17. The first kappa shape index (κ1) is 14.3. The van der Waals surface area contributed by atoms with Crippen molar-refractivity contribution in [3.63, 3.8) is 0 Å². The SMILES string of the molecule is CC(C)(C)C(=O)Nc1cccc(-c2nc3ccccc3o2)c1. The second kappa shape index (κ2) is 5.30. The molecule has 0 aliphatic rings. The predicted octanol–water partition coefficient (Wildman–Crippen LogP) is 4.48. The van der Waals surface area contributed by atoms with Gasteiger partial charge < -0.3 is 9.73 Å². The Bertz CT molecular complexity index is 795. The summed E-state index contributed by atoms with van der Waals surface area (Å²) in [6.07, 6.45) is 0. The van der Waals surface area contributed by atoms with Crippen LogP contribution in [-0.2, 0) is 4.79 Å². The maximum Gasteiger partial charge on any atom is 0.229 e. The van der Waals surface area contributed by atoms with Crippen LogP contribution in [0.5, 0.6) is 0 Å². The second-order valence-electron chi connectivity index (χ2n) is 6.27. The fourth-order valence-corrected chi connectivity index (χ4v) is 2.04. The number of para-hydroxylation sites is 2. The van der Waals surface area contributed by atoms with Crippen LogP contribution >= 0.6 is 0 Å². The molecule has 1 heterocycles. The minimum Gasteiger partial charge on any atom is -0.436 e. The van der Waals surface area contributed by atoms with Crippen LogP contribution in [0, 0.1) is 5.41 Å². The van der Waals surface area contributed by atoms with Crippen LogP contribution in [0.4, 0.5) is 5.69 Å². The molecule has 0 saturated heterocycles. The molecular formula is C18H18N2O2. The summed E-state index contributed by atoms with van der Waals surface area (Å²) in [5.41, 5.74) is 2.71. The summed E-state index contributed by atoms with van der Waals surface area (Å²) in [6.45, 7) is 5.65. The highest BCUT2D eigenvalue weighted by Gasteiger charge is 2.21. The lowest BCUT2D eigenvalue weighted by Crippen LogP contribution is -2.27. The Morgan fingerprint density at radius 2 is 1.86 bits per heavy atom. The Morgan fingerprint density at radius 3 is 2.59 bits per heavy atom. The van der Waals surface area contributed by atoms with Crippen molar-refractivity contribution in [3.05, 3.63) is 48.5 Å². The van der Waals surface area contributed by atoms with Crippen molar-refractivity contribution in [3.8, 4) is 11.5 Å². The molecule has 1 N–H and O–H groups in total. The molecule has 22 heavy (non-hydrogen) atoms. The highest BCUT2D eigenvalue weighted by atomic mass is 16.3. The van der Waals surface area contributed by atoms with E-state index in [-0.39, 0.29) is 5.91 Å². The first-order valence-corrected chi connectivity index (χ1v) is 7.21. The van der Waals surface area contributed by atoms with E-state index in [0.29, 0.717) is 5.89 Å². The molecule has 1 amide bonds. The predicted molar refractivity (Wildman–Crippen MR) is 87.5 cm³/mol. The van der Waals surface area contributed by atoms with Gasteiger partial charge in [0.25, 0.3) is 0 Å². The minimum atomic E-state index is -0.437. The van der Waals surface area contributed by atoms with Crippen molar-refractivity contribution < 1.29 is 9.21 Å². The fourth-order valence-electron chi connectivity index (χ4n) is 2.04. The number of carbonyl (C=O) groups is 1. The molecule has 4 nitrogen and oxygen atoms in total. The van der Waals surface area contributed by atoms with Crippen LogP contribution in [0.1, 0.15) is 20.8 Å². The summed E-state index contributed by atoms with van der Waals surface area (Å²) in [6, 6.07) is 15.2. The monoisotopic (exact) mass is 294 g/mol. The molecule has 0 radical (unpaired) electrons. The average Bonchev–Trinajstić information content (AvgIpc) is 2.90. The average molecular weight is 294 g/mol. The number of nitrogens with one attached hydrogen (secondary N) is 1.